The lowest BCUT2D eigenvalue weighted by Crippen LogP contribution is -2.51. The van der Waals surface area contributed by atoms with E-state index in [0.717, 1.165) is 17.8 Å². The largest absolute Gasteiger partial charge is 0.323 e. The lowest BCUT2D eigenvalue weighted by Gasteiger charge is -2.33. The molecule has 7 nitrogen and oxygen atoms in total. The number of piperazine rings is 1. The second kappa shape index (κ2) is 7.06. The number of thiazole rings is 1. The number of amides is 2. The van der Waals surface area contributed by atoms with Gasteiger partial charge >= 0.3 is 6.03 Å². The van der Waals surface area contributed by atoms with Crippen molar-refractivity contribution in [3.8, 4) is 0 Å². The SMILES string of the molecule is Cc1csc(NC(=O)N2CCN(S(=O)(=O)c3ccc(F)cc3)CC2)n1. The Labute approximate surface area is 149 Å². The molecule has 1 aliphatic heterocycles. The van der Waals surface area contributed by atoms with Crippen LogP contribution in [0.3, 0.4) is 0 Å². The fourth-order valence-corrected chi connectivity index (χ4v) is 4.57. The average molecular weight is 384 g/mol. The summed E-state index contributed by atoms with van der Waals surface area (Å²) in [6.07, 6.45) is 0. The zero-order valence-electron chi connectivity index (χ0n) is 13.5. The quantitative estimate of drug-likeness (QED) is 0.879. The maximum Gasteiger partial charge on any atom is 0.323 e. The second-order valence-corrected chi connectivity index (χ2v) is 8.37. The summed E-state index contributed by atoms with van der Waals surface area (Å²) in [5.41, 5.74) is 0.829. The molecule has 0 bridgehead atoms. The second-order valence-electron chi connectivity index (χ2n) is 5.57. The molecule has 3 rings (SSSR count). The van der Waals surface area contributed by atoms with Gasteiger partial charge in [-0.2, -0.15) is 4.31 Å². The maximum atomic E-state index is 13.0. The number of carbonyl (C=O) groups is 1. The predicted octanol–water partition coefficient (Wildman–Crippen LogP) is 2.13. The normalized spacial score (nSPS) is 16.0. The highest BCUT2D eigenvalue weighted by Gasteiger charge is 2.30. The molecule has 25 heavy (non-hydrogen) atoms. The Morgan fingerprint density at radius 2 is 1.84 bits per heavy atom. The number of carbonyl (C=O) groups excluding carboxylic acids is 1. The van der Waals surface area contributed by atoms with Gasteiger partial charge in [-0.3, -0.25) is 5.32 Å². The number of urea groups is 1. The molecule has 2 heterocycles. The van der Waals surface area contributed by atoms with Gasteiger partial charge in [0.2, 0.25) is 10.0 Å². The van der Waals surface area contributed by atoms with Gasteiger partial charge in [-0.05, 0) is 31.2 Å². The molecule has 0 aliphatic carbocycles. The maximum absolute atomic E-state index is 13.0. The Hall–Kier alpha value is -2.04. The molecule has 1 aromatic carbocycles. The van der Waals surface area contributed by atoms with Crippen LogP contribution in [-0.4, -0.2) is 54.8 Å². The zero-order valence-corrected chi connectivity index (χ0v) is 15.1. The molecular weight excluding hydrogens is 367 g/mol. The number of aromatic nitrogens is 1. The molecule has 0 radical (unpaired) electrons. The van der Waals surface area contributed by atoms with E-state index >= 15 is 0 Å². The highest BCUT2D eigenvalue weighted by molar-refractivity contribution is 7.89. The van der Waals surface area contributed by atoms with E-state index in [1.165, 1.54) is 27.8 Å². The smallest absolute Gasteiger partial charge is 0.322 e. The van der Waals surface area contributed by atoms with Crippen molar-refractivity contribution in [3.05, 3.63) is 41.2 Å². The number of sulfonamides is 1. The first kappa shape index (κ1) is 17.8. The van der Waals surface area contributed by atoms with Gasteiger partial charge in [-0.1, -0.05) is 0 Å². The van der Waals surface area contributed by atoms with Gasteiger partial charge in [0.25, 0.3) is 0 Å². The van der Waals surface area contributed by atoms with Crippen LogP contribution in [0.4, 0.5) is 14.3 Å². The third-order valence-corrected chi connectivity index (χ3v) is 6.60. The number of rotatable bonds is 3. The van der Waals surface area contributed by atoms with E-state index in [1.807, 2.05) is 12.3 Å². The molecule has 1 fully saturated rings. The van der Waals surface area contributed by atoms with E-state index < -0.39 is 15.8 Å². The molecule has 0 unspecified atom stereocenters. The van der Waals surface area contributed by atoms with Crippen LogP contribution in [0.25, 0.3) is 0 Å². The zero-order chi connectivity index (χ0) is 18.0. The molecule has 1 N–H and O–H groups in total. The van der Waals surface area contributed by atoms with Crippen molar-refractivity contribution in [1.29, 1.82) is 0 Å². The average Bonchev–Trinajstić information content (AvgIpc) is 3.00. The van der Waals surface area contributed by atoms with Crippen molar-refractivity contribution in [2.45, 2.75) is 11.8 Å². The van der Waals surface area contributed by atoms with Gasteiger partial charge in [-0.25, -0.2) is 22.6 Å². The summed E-state index contributed by atoms with van der Waals surface area (Å²) in [5.74, 6) is -0.488. The number of hydrogen-bond donors (Lipinski definition) is 1. The standard InChI is InChI=1S/C15H17FN4O3S2/c1-11-10-24-14(17-11)18-15(21)19-6-8-20(9-7-19)25(22,23)13-4-2-12(16)3-5-13/h2-5,10H,6-9H2,1H3,(H,17,18,21). The minimum Gasteiger partial charge on any atom is -0.322 e. The molecule has 1 aromatic heterocycles. The van der Waals surface area contributed by atoms with E-state index in [1.54, 1.807) is 4.90 Å². The van der Waals surface area contributed by atoms with Crippen LogP contribution < -0.4 is 5.32 Å². The molecule has 134 valence electrons. The van der Waals surface area contributed by atoms with Crippen LogP contribution in [0.5, 0.6) is 0 Å². The Kier molecular flexibility index (Phi) is 5.02. The number of benzene rings is 1. The summed E-state index contributed by atoms with van der Waals surface area (Å²) in [6, 6.07) is 4.43. The number of nitrogens with one attached hydrogen (secondary N) is 1. The fraction of sp³-hybridized carbons (Fsp3) is 0.333. The number of nitrogens with zero attached hydrogens (tertiary/aromatic N) is 3. The lowest BCUT2D eigenvalue weighted by molar-refractivity contribution is 0.184. The molecular formula is C15H17FN4O3S2. The van der Waals surface area contributed by atoms with Crippen LogP contribution in [0.2, 0.25) is 0 Å². The van der Waals surface area contributed by atoms with Gasteiger partial charge in [0.15, 0.2) is 5.13 Å². The summed E-state index contributed by atoms with van der Waals surface area (Å²) >= 11 is 1.34. The first-order valence-electron chi connectivity index (χ1n) is 7.60. The summed E-state index contributed by atoms with van der Waals surface area (Å²) in [5, 5.41) is 5.06. The highest BCUT2D eigenvalue weighted by Crippen LogP contribution is 2.19. The first-order chi connectivity index (χ1) is 11.9. The minimum absolute atomic E-state index is 0.0464. The van der Waals surface area contributed by atoms with Gasteiger partial charge in [0, 0.05) is 31.6 Å². The Bertz CT molecular complexity index is 859. The molecule has 0 atom stereocenters. The molecule has 1 saturated heterocycles. The lowest BCUT2D eigenvalue weighted by atomic mass is 10.4. The summed E-state index contributed by atoms with van der Waals surface area (Å²) in [4.78, 5) is 18.0. The third-order valence-electron chi connectivity index (χ3n) is 3.81. The van der Waals surface area contributed by atoms with Crippen molar-refractivity contribution >= 4 is 32.5 Å². The number of anilines is 1. The predicted molar refractivity (Wildman–Crippen MR) is 92.6 cm³/mol. The molecule has 2 aromatic rings. The van der Waals surface area contributed by atoms with E-state index in [9.17, 15) is 17.6 Å². The van der Waals surface area contributed by atoms with Gasteiger partial charge in [-0.15, -0.1) is 11.3 Å². The molecule has 1 aliphatic rings. The molecule has 0 spiro atoms. The minimum atomic E-state index is -3.69. The fourth-order valence-electron chi connectivity index (χ4n) is 2.47. The molecule has 2 amide bonds. The van der Waals surface area contributed by atoms with Crippen molar-refractivity contribution < 1.29 is 17.6 Å². The van der Waals surface area contributed by atoms with Crippen LogP contribution in [-0.2, 0) is 10.0 Å². The van der Waals surface area contributed by atoms with E-state index in [0.29, 0.717) is 5.13 Å². The molecule has 10 heteroatoms. The summed E-state index contributed by atoms with van der Waals surface area (Å²) in [6.45, 7) is 2.76. The monoisotopic (exact) mass is 384 g/mol. The molecule has 0 saturated carbocycles. The summed E-state index contributed by atoms with van der Waals surface area (Å²) < 4.78 is 39.4. The Balaban J connectivity index is 1.61. The Morgan fingerprint density at radius 1 is 1.20 bits per heavy atom. The Morgan fingerprint density at radius 3 is 2.40 bits per heavy atom. The number of aryl methyl sites for hydroxylation is 1. The first-order valence-corrected chi connectivity index (χ1v) is 9.92. The van der Waals surface area contributed by atoms with Crippen molar-refractivity contribution in [2.24, 2.45) is 0 Å². The van der Waals surface area contributed by atoms with Gasteiger partial charge in [0.05, 0.1) is 10.6 Å². The van der Waals surface area contributed by atoms with E-state index in [2.05, 4.69) is 10.3 Å². The number of halogens is 1. The van der Waals surface area contributed by atoms with Gasteiger partial charge in [0.1, 0.15) is 5.82 Å². The van der Waals surface area contributed by atoms with Crippen molar-refractivity contribution in [2.75, 3.05) is 31.5 Å². The summed E-state index contributed by atoms with van der Waals surface area (Å²) in [7, 11) is -3.69. The van der Waals surface area contributed by atoms with Gasteiger partial charge < -0.3 is 4.90 Å². The number of hydrogen-bond acceptors (Lipinski definition) is 5. The van der Waals surface area contributed by atoms with Crippen LogP contribution in [0.15, 0.2) is 34.5 Å². The van der Waals surface area contributed by atoms with Crippen LogP contribution in [0.1, 0.15) is 5.69 Å². The van der Waals surface area contributed by atoms with E-state index in [4.69, 9.17) is 0 Å². The van der Waals surface area contributed by atoms with Crippen molar-refractivity contribution in [1.82, 2.24) is 14.2 Å². The van der Waals surface area contributed by atoms with Crippen molar-refractivity contribution in [3.63, 3.8) is 0 Å². The van der Waals surface area contributed by atoms with Crippen LogP contribution in [0, 0.1) is 12.7 Å². The third kappa shape index (κ3) is 3.97. The highest BCUT2D eigenvalue weighted by atomic mass is 32.2. The van der Waals surface area contributed by atoms with E-state index in [-0.39, 0.29) is 37.1 Å². The topological polar surface area (TPSA) is 82.6 Å². The van der Waals surface area contributed by atoms with Crippen LogP contribution >= 0.6 is 11.3 Å².